The molecule has 4 aromatic carbocycles. The molecule has 6 rings (SSSR count). The van der Waals surface area contributed by atoms with Gasteiger partial charge < -0.3 is 0 Å². The molecule has 2 aliphatic rings. The van der Waals surface area contributed by atoms with Crippen molar-refractivity contribution in [3.63, 3.8) is 0 Å². The number of aryl methyl sites for hydroxylation is 1. The summed E-state index contributed by atoms with van der Waals surface area (Å²) in [5.41, 5.74) is 5.14. The van der Waals surface area contributed by atoms with Crippen LogP contribution in [-0.4, -0.2) is 23.1 Å². The van der Waals surface area contributed by atoms with Crippen molar-refractivity contribution in [3.05, 3.63) is 141 Å². The predicted octanol–water partition coefficient (Wildman–Crippen LogP) is 5.49. The van der Waals surface area contributed by atoms with Gasteiger partial charge in [-0.3, -0.25) is 19.2 Å². The number of benzene rings is 4. The van der Waals surface area contributed by atoms with Crippen LogP contribution in [0, 0.1) is 0 Å². The SMILES string of the molecule is CCc1cccc2c1C(=O)c1ccccc1C2=O.O=C1c2ccccc2C(=O)c2ccccc21. The molecule has 0 aromatic heterocycles. The lowest BCUT2D eigenvalue weighted by Gasteiger charge is -2.19. The average Bonchev–Trinajstić information content (AvgIpc) is 2.90. The van der Waals surface area contributed by atoms with E-state index in [1.54, 1.807) is 78.9 Å². The molecule has 34 heavy (non-hydrogen) atoms. The minimum Gasteiger partial charge on any atom is -0.289 e. The standard InChI is InChI=1S/C16H12O2.C14H8O2/c1-2-10-6-5-9-13-14(10)16(18)12-8-4-3-7-11(12)15(13)17;15-13-9-5-1-2-6-10(9)14(16)12-8-4-3-7-11(12)13/h3-9H,2H2,1H3;1-8H. The third-order valence-electron chi connectivity index (χ3n) is 6.25. The van der Waals surface area contributed by atoms with Gasteiger partial charge in [-0.2, -0.15) is 0 Å². The first-order valence-corrected chi connectivity index (χ1v) is 11.1. The Bertz CT molecular complexity index is 1400. The van der Waals surface area contributed by atoms with Crippen LogP contribution in [0.3, 0.4) is 0 Å². The summed E-state index contributed by atoms with van der Waals surface area (Å²) in [5, 5.41) is 0. The monoisotopic (exact) mass is 444 g/mol. The second kappa shape index (κ2) is 8.49. The summed E-state index contributed by atoms with van der Waals surface area (Å²) < 4.78 is 0. The fourth-order valence-electron chi connectivity index (χ4n) is 4.56. The number of hydrogen-bond donors (Lipinski definition) is 0. The smallest absolute Gasteiger partial charge is 0.194 e. The number of fused-ring (bicyclic) bond motifs is 4. The maximum Gasteiger partial charge on any atom is 0.194 e. The molecule has 164 valence electrons. The summed E-state index contributed by atoms with van der Waals surface area (Å²) in [6.07, 6.45) is 0.754. The van der Waals surface area contributed by atoms with Gasteiger partial charge in [0.15, 0.2) is 23.1 Å². The van der Waals surface area contributed by atoms with E-state index in [0.29, 0.717) is 44.5 Å². The van der Waals surface area contributed by atoms with Crippen molar-refractivity contribution in [2.24, 2.45) is 0 Å². The van der Waals surface area contributed by atoms with Crippen LogP contribution in [0.4, 0.5) is 0 Å². The zero-order valence-corrected chi connectivity index (χ0v) is 18.5. The predicted molar refractivity (Wildman–Crippen MR) is 129 cm³/mol. The lowest BCUT2D eigenvalue weighted by atomic mass is 9.81. The highest BCUT2D eigenvalue weighted by molar-refractivity contribution is 6.29. The fraction of sp³-hybridized carbons (Fsp3) is 0.0667. The molecule has 0 heterocycles. The lowest BCUT2D eigenvalue weighted by molar-refractivity contribution is 0.0978. The summed E-state index contributed by atoms with van der Waals surface area (Å²) in [6, 6.07) is 26.4. The van der Waals surface area contributed by atoms with Gasteiger partial charge in [-0.1, -0.05) is 97.9 Å². The van der Waals surface area contributed by atoms with Gasteiger partial charge >= 0.3 is 0 Å². The zero-order chi connectivity index (χ0) is 23.8. The molecule has 0 radical (unpaired) electrons. The number of carbonyl (C=O) groups is 4. The molecular formula is C30H20O4. The Morgan fingerprint density at radius 1 is 0.412 bits per heavy atom. The van der Waals surface area contributed by atoms with Gasteiger partial charge in [0.2, 0.25) is 0 Å². The average molecular weight is 444 g/mol. The molecular weight excluding hydrogens is 424 g/mol. The number of ketones is 4. The molecule has 0 aliphatic heterocycles. The Morgan fingerprint density at radius 2 is 0.735 bits per heavy atom. The molecule has 4 heteroatoms. The normalized spacial score (nSPS) is 13.2. The molecule has 4 aromatic rings. The van der Waals surface area contributed by atoms with Crippen molar-refractivity contribution in [1.82, 2.24) is 0 Å². The van der Waals surface area contributed by atoms with Crippen molar-refractivity contribution in [1.29, 1.82) is 0 Å². The summed E-state index contributed by atoms with van der Waals surface area (Å²) in [6.45, 7) is 1.99. The maximum atomic E-state index is 12.5. The van der Waals surface area contributed by atoms with Crippen molar-refractivity contribution in [2.75, 3.05) is 0 Å². The maximum absolute atomic E-state index is 12.5. The van der Waals surface area contributed by atoms with E-state index in [1.807, 2.05) is 19.1 Å². The first kappa shape index (κ1) is 21.4. The van der Waals surface area contributed by atoms with E-state index in [4.69, 9.17) is 0 Å². The van der Waals surface area contributed by atoms with E-state index in [2.05, 4.69) is 0 Å². The third-order valence-corrected chi connectivity index (χ3v) is 6.25. The van der Waals surface area contributed by atoms with Gasteiger partial charge in [0.05, 0.1) is 0 Å². The molecule has 0 atom stereocenters. The molecule has 0 N–H and O–H groups in total. The first-order valence-electron chi connectivity index (χ1n) is 11.1. The number of rotatable bonds is 1. The van der Waals surface area contributed by atoms with Gasteiger partial charge in [-0.25, -0.2) is 0 Å². The van der Waals surface area contributed by atoms with Crippen LogP contribution in [0.25, 0.3) is 0 Å². The largest absolute Gasteiger partial charge is 0.289 e. The highest BCUT2D eigenvalue weighted by Crippen LogP contribution is 2.29. The summed E-state index contributed by atoms with van der Waals surface area (Å²) in [4.78, 5) is 49.1. The van der Waals surface area contributed by atoms with Gasteiger partial charge in [-0.05, 0) is 12.0 Å². The Morgan fingerprint density at radius 3 is 1.12 bits per heavy atom. The highest BCUT2D eigenvalue weighted by Gasteiger charge is 2.30. The summed E-state index contributed by atoms with van der Waals surface area (Å²) in [5.74, 6) is -0.204. The second-order valence-electron chi connectivity index (χ2n) is 8.15. The van der Waals surface area contributed by atoms with E-state index in [0.717, 1.165) is 12.0 Å². The molecule has 0 spiro atoms. The van der Waals surface area contributed by atoms with Crippen molar-refractivity contribution < 1.29 is 19.2 Å². The summed E-state index contributed by atoms with van der Waals surface area (Å²) in [7, 11) is 0. The highest BCUT2D eigenvalue weighted by atomic mass is 16.1. The second-order valence-corrected chi connectivity index (χ2v) is 8.15. The molecule has 0 unspecified atom stereocenters. The lowest BCUT2D eigenvalue weighted by Crippen LogP contribution is -2.22. The Kier molecular flexibility index (Phi) is 5.34. The Hall–Kier alpha value is -4.44. The van der Waals surface area contributed by atoms with Crippen molar-refractivity contribution in [3.8, 4) is 0 Å². The fourth-order valence-corrected chi connectivity index (χ4v) is 4.56. The van der Waals surface area contributed by atoms with Crippen LogP contribution >= 0.6 is 0 Å². The minimum absolute atomic E-state index is 0.0300. The third kappa shape index (κ3) is 3.32. The molecule has 0 amide bonds. The van der Waals surface area contributed by atoms with Gasteiger partial charge in [0.1, 0.15) is 0 Å². The minimum atomic E-state index is -0.0641. The molecule has 0 saturated carbocycles. The Balaban J connectivity index is 0.000000142. The van der Waals surface area contributed by atoms with Crippen LogP contribution < -0.4 is 0 Å². The van der Waals surface area contributed by atoms with E-state index in [1.165, 1.54) is 0 Å². The molecule has 0 bridgehead atoms. The van der Waals surface area contributed by atoms with E-state index in [9.17, 15) is 19.2 Å². The number of carbonyl (C=O) groups excluding carboxylic acids is 4. The van der Waals surface area contributed by atoms with Gasteiger partial charge in [0, 0.05) is 44.5 Å². The molecule has 4 nitrogen and oxygen atoms in total. The van der Waals surface area contributed by atoms with Crippen molar-refractivity contribution >= 4 is 23.1 Å². The first-order chi connectivity index (χ1) is 16.5. The zero-order valence-electron chi connectivity index (χ0n) is 18.5. The van der Waals surface area contributed by atoms with Crippen LogP contribution in [0.5, 0.6) is 0 Å². The summed E-state index contributed by atoms with van der Waals surface area (Å²) >= 11 is 0. The van der Waals surface area contributed by atoms with E-state index in [-0.39, 0.29) is 23.1 Å². The van der Waals surface area contributed by atoms with E-state index >= 15 is 0 Å². The van der Waals surface area contributed by atoms with Crippen LogP contribution in [0.15, 0.2) is 91.0 Å². The topological polar surface area (TPSA) is 68.3 Å². The molecule has 2 aliphatic carbocycles. The van der Waals surface area contributed by atoms with Gasteiger partial charge in [0.25, 0.3) is 0 Å². The van der Waals surface area contributed by atoms with Crippen LogP contribution in [-0.2, 0) is 6.42 Å². The Labute approximate surface area is 196 Å². The van der Waals surface area contributed by atoms with Crippen molar-refractivity contribution in [2.45, 2.75) is 13.3 Å². The molecule has 0 fully saturated rings. The quantitative estimate of drug-likeness (QED) is 0.336. The van der Waals surface area contributed by atoms with Crippen LogP contribution in [0.2, 0.25) is 0 Å². The number of hydrogen-bond acceptors (Lipinski definition) is 4. The van der Waals surface area contributed by atoms with Crippen LogP contribution in [0.1, 0.15) is 76.2 Å². The van der Waals surface area contributed by atoms with Gasteiger partial charge in [-0.15, -0.1) is 0 Å². The van der Waals surface area contributed by atoms with E-state index < -0.39 is 0 Å². The molecule has 0 saturated heterocycles.